The Labute approximate surface area is 292 Å². The van der Waals surface area contributed by atoms with Gasteiger partial charge in [-0.15, -0.1) is 0 Å². The molecule has 238 valence electrons. The zero-order valence-corrected chi connectivity index (χ0v) is 27.9. The van der Waals surface area contributed by atoms with Gasteiger partial charge in [0.2, 0.25) is 0 Å². The molecule has 0 fully saturated rings. The Kier molecular flexibility index (Phi) is 6.94. The highest BCUT2D eigenvalue weighted by Crippen LogP contribution is 2.39. The van der Waals surface area contributed by atoms with E-state index < -0.39 is 0 Å². The number of hydrogen-bond acceptors (Lipinski definition) is 2. The van der Waals surface area contributed by atoms with Crippen molar-refractivity contribution >= 4 is 45.5 Å². The van der Waals surface area contributed by atoms with Crippen LogP contribution >= 0.6 is 0 Å². The molecule has 0 amide bonds. The number of fused-ring (bicyclic) bond motifs is 5. The summed E-state index contributed by atoms with van der Waals surface area (Å²) >= 11 is 0. The molecule has 0 spiro atoms. The molecule has 2 heterocycles. The normalized spacial score (nSPS) is 17.3. The predicted molar refractivity (Wildman–Crippen MR) is 211 cm³/mol. The molecular formula is C48H36N2. The summed E-state index contributed by atoms with van der Waals surface area (Å²) in [6, 6.07) is 29.0. The Morgan fingerprint density at radius 3 is 2.40 bits per heavy atom. The predicted octanol–water partition coefficient (Wildman–Crippen LogP) is 10.6. The molecule has 4 aromatic carbocycles. The molecule has 1 atom stereocenters. The van der Waals surface area contributed by atoms with Crippen molar-refractivity contribution in [1.82, 2.24) is 9.97 Å². The van der Waals surface area contributed by atoms with Gasteiger partial charge in [-0.1, -0.05) is 115 Å². The third-order valence-electron chi connectivity index (χ3n) is 11.0. The van der Waals surface area contributed by atoms with Gasteiger partial charge in [0.1, 0.15) is 0 Å². The molecule has 4 aliphatic carbocycles. The summed E-state index contributed by atoms with van der Waals surface area (Å²) in [6.45, 7) is 0. The highest BCUT2D eigenvalue weighted by Gasteiger charge is 2.23. The molecule has 0 bridgehead atoms. The lowest BCUT2D eigenvalue weighted by molar-refractivity contribution is 0.793. The molecule has 0 aliphatic heterocycles. The molecule has 0 N–H and O–H groups in total. The van der Waals surface area contributed by atoms with E-state index in [2.05, 4.69) is 132 Å². The third kappa shape index (κ3) is 4.94. The monoisotopic (exact) mass is 640 g/mol. The Morgan fingerprint density at radius 1 is 0.620 bits per heavy atom. The first-order valence-electron chi connectivity index (χ1n) is 17.9. The van der Waals surface area contributed by atoms with Crippen molar-refractivity contribution in [1.29, 1.82) is 0 Å². The number of pyridine rings is 2. The highest BCUT2D eigenvalue weighted by atomic mass is 14.7. The van der Waals surface area contributed by atoms with Crippen molar-refractivity contribution < 1.29 is 0 Å². The molecule has 0 saturated heterocycles. The topological polar surface area (TPSA) is 25.8 Å². The van der Waals surface area contributed by atoms with Crippen molar-refractivity contribution in [3.05, 3.63) is 166 Å². The van der Waals surface area contributed by atoms with Gasteiger partial charge < -0.3 is 0 Å². The van der Waals surface area contributed by atoms with E-state index in [1.807, 2.05) is 24.5 Å². The van der Waals surface area contributed by atoms with Crippen molar-refractivity contribution in [2.24, 2.45) is 5.92 Å². The smallest absolute Gasteiger partial charge is 0.0718 e. The first-order valence-corrected chi connectivity index (χ1v) is 17.9. The molecule has 10 rings (SSSR count). The van der Waals surface area contributed by atoms with Crippen molar-refractivity contribution in [3.63, 3.8) is 0 Å². The molecule has 0 radical (unpaired) electrons. The van der Waals surface area contributed by atoms with Crippen molar-refractivity contribution in [2.75, 3.05) is 0 Å². The van der Waals surface area contributed by atoms with Crippen LogP contribution in [0.2, 0.25) is 0 Å². The maximum Gasteiger partial charge on any atom is 0.0718 e. The van der Waals surface area contributed by atoms with Gasteiger partial charge in [0.25, 0.3) is 0 Å². The first kappa shape index (κ1) is 29.1. The van der Waals surface area contributed by atoms with Crippen LogP contribution in [0.3, 0.4) is 0 Å². The number of rotatable bonds is 4. The largest absolute Gasteiger partial charge is 0.256 e. The number of nitrogens with zero attached hydrogens (tertiary/aromatic N) is 2. The number of para-hydroxylation sites is 1. The van der Waals surface area contributed by atoms with Gasteiger partial charge in [-0.3, -0.25) is 9.97 Å². The van der Waals surface area contributed by atoms with Crippen molar-refractivity contribution in [3.8, 4) is 33.5 Å². The molecule has 4 aliphatic rings. The minimum atomic E-state index is 0.413. The molecule has 2 heteroatoms. The van der Waals surface area contributed by atoms with Crippen LogP contribution in [-0.4, -0.2) is 9.97 Å². The Bertz CT molecular complexity index is 2660. The summed E-state index contributed by atoms with van der Waals surface area (Å²) < 4.78 is 0. The maximum atomic E-state index is 4.96. The van der Waals surface area contributed by atoms with E-state index >= 15 is 0 Å². The second-order valence-corrected chi connectivity index (χ2v) is 13.9. The van der Waals surface area contributed by atoms with Gasteiger partial charge in [-0.25, -0.2) is 0 Å². The SMILES string of the molecule is C1=CC2=CC=C(c3c4c(c(-c5ccc6c(c5)CCC=C6)c5ccc(-c6ccc(-c7cnc8ccccc8c7)nc6)cc35)=CCCC=4)CC2C=C1. The fraction of sp³-hybridized carbons (Fsp3) is 0.125. The Hall–Kier alpha value is -5.86. The number of allylic oxidation sites excluding steroid dienone is 9. The van der Waals surface area contributed by atoms with Gasteiger partial charge in [-0.05, 0) is 122 Å². The summed E-state index contributed by atoms with van der Waals surface area (Å²) in [5.41, 5.74) is 15.0. The van der Waals surface area contributed by atoms with Gasteiger partial charge in [0, 0.05) is 34.8 Å². The summed E-state index contributed by atoms with van der Waals surface area (Å²) in [6.07, 6.45) is 32.6. The number of aromatic nitrogens is 2. The van der Waals surface area contributed by atoms with Crippen LogP contribution in [0.1, 0.15) is 42.4 Å². The van der Waals surface area contributed by atoms with Crippen LogP contribution in [0.5, 0.6) is 0 Å². The quantitative estimate of drug-likeness (QED) is 0.192. The number of hydrogen-bond donors (Lipinski definition) is 0. The van der Waals surface area contributed by atoms with E-state index in [9.17, 15) is 0 Å². The second-order valence-electron chi connectivity index (χ2n) is 13.9. The fourth-order valence-electron chi connectivity index (χ4n) is 8.43. The van der Waals surface area contributed by atoms with Gasteiger partial charge >= 0.3 is 0 Å². The molecule has 1 unspecified atom stereocenters. The lowest BCUT2D eigenvalue weighted by Crippen LogP contribution is -2.33. The first-order chi connectivity index (χ1) is 24.8. The fourth-order valence-corrected chi connectivity index (χ4v) is 8.43. The summed E-state index contributed by atoms with van der Waals surface area (Å²) in [4.78, 5) is 9.63. The maximum absolute atomic E-state index is 4.96. The molecule has 50 heavy (non-hydrogen) atoms. The van der Waals surface area contributed by atoms with E-state index in [-0.39, 0.29) is 0 Å². The van der Waals surface area contributed by atoms with E-state index in [1.54, 1.807) is 0 Å². The van der Waals surface area contributed by atoms with Crippen molar-refractivity contribution in [2.45, 2.75) is 32.1 Å². The van der Waals surface area contributed by atoms with Crippen LogP contribution in [0.15, 0.2) is 139 Å². The van der Waals surface area contributed by atoms with E-state index in [1.165, 1.54) is 65.7 Å². The molecule has 2 nitrogen and oxygen atoms in total. The van der Waals surface area contributed by atoms with Gasteiger partial charge in [0.05, 0.1) is 11.2 Å². The van der Waals surface area contributed by atoms with E-state index in [4.69, 9.17) is 4.98 Å². The summed E-state index contributed by atoms with van der Waals surface area (Å²) in [7, 11) is 0. The molecule has 0 saturated carbocycles. The van der Waals surface area contributed by atoms with Crippen LogP contribution in [0, 0.1) is 5.92 Å². The zero-order chi connectivity index (χ0) is 33.0. The summed E-state index contributed by atoms with van der Waals surface area (Å²) in [5, 5.41) is 6.55. The standard InChI is InChI=1S/C48H36N2/c1-3-11-33-25-37(19-17-31(33)9-1)47-41-14-6-7-15-42(41)48(38-20-18-32-10-2-4-12-34(32)26-38)44-28-35(21-23-43(44)47)39-22-24-46(49-29-39)40-27-36-13-5-8-16-45(36)50-30-40/h1-2,4-5,8-10,12-25,27-30,34H,3,6-7,11,26H2. The number of aryl methyl sites for hydroxylation is 1. The molecule has 6 aromatic rings. The lowest BCUT2D eigenvalue weighted by Gasteiger charge is -2.26. The van der Waals surface area contributed by atoms with E-state index in [0.29, 0.717) is 5.92 Å². The van der Waals surface area contributed by atoms with E-state index in [0.717, 1.165) is 59.8 Å². The van der Waals surface area contributed by atoms with Gasteiger partial charge in [-0.2, -0.15) is 0 Å². The minimum Gasteiger partial charge on any atom is -0.256 e. The Balaban J connectivity index is 1.17. The zero-order valence-electron chi connectivity index (χ0n) is 27.9. The van der Waals surface area contributed by atoms with Crippen LogP contribution in [-0.2, 0) is 6.42 Å². The average molecular weight is 641 g/mol. The second kappa shape index (κ2) is 11.9. The lowest BCUT2D eigenvalue weighted by atomic mass is 9.78. The summed E-state index contributed by atoms with van der Waals surface area (Å²) in [5.74, 6) is 0.413. The third-order valence-corrected chi connectivity index (χ3v) is 11.0. The van der Waals surface area contributed by atoms with Crippen LogP contribution < -0.4 is 10.4 Å². The Morgan fingerprint density at radius 2 is 1.48 bits per heavy atom. The minimum absolute atomic E-state index is 0.413. The molecular weight excluding hydrogens is 605 g/mol. The van der Waals surface area contributed by atoms with Crippen LogP contribution in [0.4, 0.5) is 0 Å². The average Bonchev–Trinajstić information content (AvgIpc) is 3.19. The van der Waals surface area contributed by atoms with Crippen LogP contribution in [0.25, 0.3) is 79.0 Å². The highest BCUT2D eigenvalue weighted by molar-refractivity contribution is 6.05. The number of benzene rings is 4. The molecule has 2 aromatic heterocycles. The van der Waals surface area contributed by atoms with Gasteiger partial charge in [0.15, 0.2) is 0 Å².